The molecule has 2 N–H and O–H groups in total. The van der Waals surface area contributed by atoms with Crippen LogP contribution in [0.4, 0.5) is 0 Å². The van der Waals surface area contributed by atoms with Gasteiger partial charge in [-0.1, -0.05) is 13.8 Å². The Labute approximate surface area is 96.1 Å². The summed E-state index contributed by atoms with van der Waals surface area (Å²) >= 11 is 0. The van der Waals surface area contributed by atoms with E-state index >= 15 is 0 Å². The largest absolute Gasteiger partial charge is 0.477 e. The van der Waals surface area contributed by atoms with Crippen molar-refractivity contribution in [3.8, 4) is 0 Å². The van der Waals surface area contributed by atoms with Gasteiger partial charge in [0.25, 0.3) is 5.56 Å². The number of hydrogen-bond donors (Lipinski definition) is 2. The number of carboxylic acid groups (broad SMARTS) is 1. The molecule has 0 bridgehead atoms. The molecule has 0 atom stereocenters. The minimum absolute atomic E-state index is 0.260. The standard InChI is InChI=1S/C10H12N4O3/c1-5(2)3-7-12-13-10-11-4-6(9(16)17)8(15)14(7)10/h4-5H,3H2,1-2H3,(H,11,13)(H,16,17). The molecule has 7 nitrogen and oxygen atoms in total. The smallest absolute Gasteiger partial charge is 0.342 e. The highest BCUT2D eigenvalue weighted by Gasteiger charge is 2.16. The number of aromatic amines is 1. The summed E-state index contributed by atoms with van der Waals surface area (Å²) in [6.45, 7) is 3.97. The van der Waals surface area contributed by atoms with Crippen molar-refractivity contribution in [2.45, 2.75) is 20.3 Å². The number of aromatic nitrogens is 4. The first-order valence-corrected chi connectivity index (χ1v) is 5.19. The lowest BCUT2D eigenvalue weighted by atomic mass is 10.1. The van der Waals surface area contributed by atoms with Crippen molar-refractivity contribution in [1.29, 1.82) is 0 Å². The topological polar surface area (TPSA) is 100 Å². The Hall–Kier alpha value is -2.18. The van der Waals surface area contributed by atoms with Crippen LogP contribution in [0.25, 0.3) is 5.78 Å². The third kappa shape index (κ3) is 1.91. The van der Waals surface area contributed by atoms with E-state index < -0.39 is 11.5 Å². The van der Waals surface area contributed by atoms with Crippen LogP contribution in [-0.2, 0) is 6.42 Å². The predicted molar refractivity (Wildman–Crippen MR) is 59.1 cm³/mol. The highest BCUT2D eigenvalue weighted by Crippen LogP contribution is 2.05. The second-order valence-corrected chi connectivity index (χ2v) is 4.18. The van der Waals surface area contributed by atoms with Crippen LogP contribution < -0.4 is 5.56 Å². The van der Waals surface area contributed by atoms with Crippen LogP contribution in [-0.4, -0.2) is 30.7 Å². The summed E-state index contributed by atoms with van der Waals surface area (Å²) in [4.78, 5) is 26.6. The molecule has 0 fully saturated rings. The lowest BCUT2D eigenvalue weighted by Gasteiger charge is -2.02. The summed E-state index contributed by atoms with van der Waals surface area (Å²) in [6.07, 6.45) is 1.61. The lowest BCUT2D eigenvalue weighted by Crippen LogP contribution is -2.24. The van der Waals surface area contributed by atoms with Crippen molar-refractivity contribution >= 4 is 11.7 Å². The van der Waals surface area contributed by atoms with Crippen molar-refractivity contribution in [2.24, 2.45) is 5.92 Å². The van der Waals surface area contributed by atoms with Gasteiger partial charge in [-0.05, 0) is 5.92 Å². The van der Waals surface area contributed by atoms with Crippen LogP contribution in [0, 0.1) is 5.92 Å². The van der Waals surface area contributed by atoms with E-state index in [9.17, 15) is 9.59 Å². The van der Waals surface area contributed by atoms with Gasteiger partial charge in [-0.15, -0.1) is 0 Å². The maximum absolute atomic E-state index is 11.9. The van der Waals surface area contributed by atoms with Crippen LogP contribution in [0.3, 0.4) is 0 Å². The van der Waals surface area contributed by atoms with Crippen molar-refractivity contribution in [1.82, 2.24) is 19.6 Å². The molecule has 7 heteroatoms. The fraction of sp³-hybridized carbons (Fsp3) is 0.400. The van der Waals surface area contributed by atoms with Crippen LogP contribution in [0.1, 0.15) is 30.0 Å². The summed E-state index contributed by atoms with van der Waals surface area (Å²) in [5.41, 5.74) is -0.958. The lowest BCUT2D eigenvalue weighted by molar-refractivity contribution is 0.0694. The number of carboxylic acids is 1. The number of H-pyrrole nitrogens is 1. The average molecular weight is 236 g/mol. The third-order valence-electron chi connectivity index (χ3n) is 2.33. The number of nitrogens with zero attached hydrogens (tertiary/aromatic N) is 3. The first kappa shape index (κ1) is 11.3. The highest BCUT2D eigenvalue weighted by molar-refractivity contribution is 5.86. The van der Waals surface area contributed by atoms with Crippen LogP contribution in [0.15, 0.2) is 11.0 Å². The zero-order valence-electron chi connectivity index (χ0n) is 9.47. The van der Waals surface area contributed by atoms with Gasteiger partial charge in [0.1, 0.15) is 11.4 Å². The van der Waals surface area contributed by atoms with Gasteiger partial charge in [-0.2, -0.15) is 5.10 Å². The molecule has 17 heavy (non-hydrogen) atoms. The molecule has 0 amide bonds. The van der Waals surface area contributed by atoms with Gasteiger partial charge in [0.15, 0.2) is 0 Å². The SMILES string of the molecule is CC(C)Cc1n[nH]c2ncc(C(=O)O)c(=O)n12. The van der Waals surface area contributed by atoms with Crippen molar-refractivity contribution in [2.75, 3.05) is 0 Å². The summed E-state index contributed by atoms with van der Waals surface area (Å²) in [5, 5.41) is 15.4. The van der Waals surface area contributed by atoms with Gasteiger partial charge in [-0.25, -0.2) is 19.3 Å². The second kappa shape index (κ2) is 4.00. The Morgan fingerprint density at radius 2 is 2.29 bits per heavy atom. The first-order valence-electron chi connectivity index (χ1n) is 5.19. The Bertz CT molecular complexity index is 626. The fourth-order valence-electron chi connectivity index (χ4n) is 1.59. The third-order valence-corrected chi connectivity index (χ3v) is 2.33. The fourth-order valence-corrected chi connectivity index (χ4v) is 1.59. The molecule has 2 aromatic rings. The van der Waals surface area contributed by atoms with Gasteiger partial charge >= 0.3 is 5.97 Å². The Balaban J connectivity index is 2.69. The number of nitrogens with one attached hydrogen (secondary N) is 1. The molecule has 0 aliphatic heterocycles. The van der Waals surface area contributed by atoms with Crippen LogP contribution in [0.2, 0.25) is 0 Å². The molecular formula is C10H12N4O3. The minimum atomic E-state index is -1.28. The zero-order valence-corrected chi connectivity index (χ0v) is 9.47. The molecule has 2 rings (SSSR count). The van der Waals surface area contributed by atoms with Crippen molar-refractivity contribution < 1.29 is 9.90 Å². The molecule has 90 valence electrons. The number of aromatic carboxylic acids is 1. The molecule has 0 spiro atoms. The number of rotatable bonds is 3. The first-order chi connectivity index (χ1) is 8.00. The van der Waals surface area contributed by atoms with Crippen molar-refractivity contribution in [3.63, 3.8) is 0 Å². The van der Waals surface area contributed by atoms with E-state index in [-0.39, 0.29) is 11.3 Å². The van der Waals surface area contributed by atoms with E-state index in [1.54, 1.807) is 0 Å². The van der Waals surface area contributed by atoms with E-state index in [2.05, 4.69) is 15.2 Å². The van der Waals surface area contributed by atoms with E-state index in [1.807, 2.05) is 13.8 Å². The van der Waals surface area contributed by atoms with E-state index in [0.29, 0.717) is 18.2 Å². The van der Waals surface area contributed by atoms with E-state index in [4.69, 9.17) is 5.11 Å². The highest BCUT2D eigenvalue weighted by atomic mass is 16.4. The van der Waals surface area contributed by atoms with Gasteiger partial charge < -0.3 is 5.11 Å². The van der Waals surface area contributed by atoms with E-state index in [0.717, 1.165) is 6.20 Å². The number of hydrogen-bond acceptors (Lipinski definition) is 4. The molecule has 0 radical (unpaired) electrons. The molecule has 0 aliphatic rings. The maximum Gasteiger partial charge on any atom is 0.342 e. The molecule has 2 aromatic heterocycles. The predicted octanol–water partition coefficient (Wildman–Crippen LogP) is 0.314. The van der Waals surface area contributed by atoms with Crippen LogP contribution in [0.5, 0.6) is 0 Å². The van der Waals surface area contributed by atoms with Gasteiger partial charge in [0.2, 0.25) is 5.78 Å². The summed E-state index contributed by atoms with van der Waals surface area (Å²) in [5.74, 6) is -0.221. The maximum atomic E-state index is 11.9. The quantitative estimate of drug-likeness (QED) is 0.799. The van der Waals surface area contributed by atoms with Crippen LogP contribution >= 0.6 is 0 Å². The van der Waals surface area contributed by atoms with E-state index in [1.165, 1.54) is 4.40 Å². The Morgan fingerprint density at radius 3 is 2.88 bits per heavy atom. The normalized spacial score (nSPS) is 11.2. The molecule has 0 unspecified atom stereocenters. The Morgan fingerprint density at radius 1 is 1.59 bits per heavy atom. The second-order valence-electron chi connectivity index (χ2n) is 4.18. The van der Waals surface area contributed by atoms with Gasteiger partial charge in [0.05, 0.1) is 6.20 Å². The number of fused-ring (bicyclic) bond motifs is 1. The van der Waals surface area contributed by atoms with Gasteiger partial charge in [-0.3, -0.25) is 4.79 Å². The molecule has 2 heterocycles. The summed E-state index contributed by atoms with van der Waals surface area (Å²) in [7, 11) is 0. The molecule has 0 saturated carbocycles. The van der Waals surface area contributed by atoms with Gasteiger partial charge in [0, 0.05) is 6.42 Å². The monoisotopic (exact) mass is 236 g/mol. The summed E-state index contributed by atoms with van der Waals surface area (Å²) in [6, 6.07) is 0. The Kier molecular flexibility index (Phi) is 2.66. The molecule has 0 aromatic carbocycles. The molecule has 0 aliphatic carbocycles. The molecule has 0 saturated heterocycles. The average Bonchev–Trinajstić information content (AvgIpc) is 2.61. The summed E-state index contributed by atoms with van der Waals surface area (Å²) < 4.78 is 1.21. The molecular weight excluding hydrogens is 224 g/mol. The number of carbonyl (C=O) groups is 1. The zero-order chi connectivity index (χ0) is 12.6. The van der Waals surface area contributed by atoms with Crippen molar-refractivity contribution in [3.05, 3.63) is 27.9 Å². The minimum Gasteiger partial charge on any atom is -0.477 e.